The first-order valence-corrected chi connectivity index (χ1v) is 9.29. The molecule has 0 spiro atoms. The lowest BCUT2D eigenvalue weighted by Crippen LogP contribution is -2.33. The molecule has 0 bridgehead atoms. The van der Waals surface area contributed by atoms with Crippen molar-refractivity contribution in [2.45, 2.75) is 0 Å². The summed E-state index contributed by atoms with van der Waals surface area (Å²) in [6, 6.07) is 28.1. The maximum Gasteiger partial charge on any atom is 0.252 e. The Morgan fingerprint density at radius 3 is 2.21 bits per heavy atom. The van der Waals surface area contributed by atoms with Gasteiger partial charge in [-0.3, -0.25) is 9.59 Å². The molecular weight excluding hydrogens is 362 g/mol. The predicted molar refractivity (Wildman–Crippen MR) is 115 cm³/mol. The zero-order valence-corrected chi connectivity index (χ0v) is 15.6. The summed E-state index contributed by atoms with van der Waals surface area (Å²) in [7, 11) is 0. The number of aromatic nitrogens is 1. The minimum Gasteiger partial charge on any atom is -0.343 e. The Bertz CT molecular complexity index is 1160. The fourth-order valence-electron chi connectivity index (χ4n) is 3.10. The average molecular weight is 381 g/mol. The van der Waals surface area contributed by atoms with Crippen LogP contribution in [0.1, 0.15) is 10.4 Å². The van der Waals surface area contributed by atoms with E-state index in [-0.39, 0.29) is 18.4 Å². The van der Waals surface area contributed by atoms with Crippen LogP contribution in [0.5, 0.6) is 0 Å². The van der Waals surface area contributed by atoms with Crippen LogP contribution in [0.25, 0.3) is 22.2 Å². The van der Waals surface area contributed by atoms with E-state index in [9.17, 15) is 9.59 Å². The molecule has 4 aromatic rings. The Morgan fingerprint density at radius 1 is 0.793 bits per heavy atom. The van der Waals surface area contributed by atoms with E-state index in [4.69, 9.17) is 0 Å². The second-order valence-electron chi connectivity index (χ2n) is 6.54. The van der Waals surface area contributed by atoms with Crippen molar-refractivity contribution in [2.24, 2.45) is 0 Å². The number of nitrogens with one attached hydrogen (secondary N) is 2. The Labute approximate surface area is 168 Å². The maximum absolute atomic E-state index is 12.9. The highest BCUT2D eigenvalue weighted by Crippen LogP contribution is 2.24. The van der Waals surface area contributed by atoms with Crippen LogP contribution in [0.2, 0.25) is 0 Å². The summed E-state index contributed by atoms with van der Waals surface area (Å²) in [6.07, 6.45) is 0. The highest BCUT2D eigenvalue weighted by atomic mass is 16.2. The van der Waals surface area contributed by atoms with E-state index in [2.05, 4.69) is 15.6 Å². The second kappa shape index (κ2) is 8.35. The number of para-hydroxylation sites is 2. The van der Waals surface area contributed by atoms with Crippen LogP contribution in [0.15, 0.2) is 91.0 Å². The average Bonchev–Trinajstić information content (AvgIpc) is 2.78. The number of pyridine rings is 1. The zero-order chi connectivity index (χ0) is 20.1. The van der Waals surface area contributed by atoms with E-state index in [1.54, 1.807) is 18.2 Å². The van der Waals surface area contributed by atoms with E-state index in [1.165, 1.54) is 0 Å². The van der Waals surface area contributed by atoms with Gasteiger partial charge in [0.25, 0.3) is 5.91 Å². The fourth-order valence-corrected chi connectivity index (χ4v) is 3.10. The highest BCUT2D eigenvalue weighted by Gasteiger charge is 2.15. The van der Waals surface area contributed by atoms with Crippen LogP contribution < -0.4 is 10.6 Å². The van der Waals surface area contributed by atoms with Gasteiger partial charge in [-0.1, -0.05) is 66.7 Å². The Kier molecular flexibility index (Phi) is 5.29. The number of carbonyl (C=O) groups excluding carboxylic acids is 2. The van der Waals surface area contributed by atoms with Crippen molar-refractivity contribution < 1.29 is 9.59 Å². The van der Waals surface area contributed by atoms with Gasteiger partial charge in [-0.05, 0) is 24.3 Å². The molecule has 4 rings (SSSR count). The third-order valence-corrected chi connectivity index (χ3v) is 4.50. The Hall–Kier alpha value is -3.99. The topological polar surface area (TPSA) is 71.1 Å². The molecule has 2 N–H and O–H groups in total. The molecule has 142 valence electrons. The van der Waals surface area contributed by atoms with Crippen molar-refractivity contribution in [2.75, 3.05) is 11.9 Å². The standard InChI is InChI=1S/C24H19N3O2/c28-23(26-18-11-5-2-6-12-18)16-25-24(29)20-15-22(17-9-3-1-4-10-17)27-21-14-8-7-13-19(20)21/h1-15H,16H2,(H,25,29)(H,26,28). The molecule has 0 saturated carbocycles. The van der Waals surface area contributed by atoms with Crippen molar-refractivity contribution in [3.8, 4) is 11.3 Å². The quantitative estimate of drug-likeness (QED) is 0.542. The smallest absolute Gasteiger partial charge is 0.252 e. The summed E-state index contributed by atoms with van der Waals surface area (Å²) >= 11 is 0. The van der Waals surface area contributed by atoms with Crippen LogP contribution in [0.3, 0.4) is 0 Å². The summed E-state index contributed by atoms with van der Waals surface area (Å²) in [5.41, 5.74) is 3.54. The first kappa shape index (κ1) is 18.4. The van der Waals surface area contributed by atoms with Crippen LogP contribution in [0, 0.1) is 0 Å². The Morgan fingerprint density at radius 2 is 1.45 bits per heavy atom. The molecule has 0 aliphatic rings. The van der Waals surface area contributed by atoms with Gasteiger partial charge in [-0.15, -0.1) is 0 Å². The minimum atomic E-state index is -0.316. The predicted octanol–water partition coefficient (Wildman–Crippen LogP) is 4.27. The fraction of sp³-hybridized carbons (Fsp3) is 0.0417. The largest absolute Gasteiger partial charge is 0.343 e. The van der Waals surface area contributed by atoms with Gasteiger partial charge in [0.1, 0.15) is 0 Å². The van der Waals surface area contributed by atoms with E-state index < -0.39 is 0 Å². The molecule has 2 amide bonds. The van der Waals surface area contributed by atoms with Gasteiger partial charge in [-0.25, -0.2) is 4.98 Å². The molecule has 0 aliphatic carbocycles. The van der Waals surface area contributed by atoms with Gasteiger partial charge in [0.15, 0.2) is 0 Å². The number of carbonyl (C=O) groups is 2. The zero-order valence-electron chi connectivity index (χ0n) is 15.6. The van der Waals surface area contributed by atoms with Crippen molar-refractivity contribution >= 4 is 28.4 Å². The summed E-state index contributed by atoms with van der Waals surface area (Å²) < 4.78 is 0. The number of hydrogen-bond donors (Lipinski definition) is 2. The summed E-state index contributed by atoms with van der Waals surface area (Å²) in [5, 5.41) is 6.21. The van der Waals surface area contributed by atoms with Crippen LogP contribution >= 0.6 is 0 Å². The third kappa shape index (κ3) is 4.30. The molecule has 0 fully saturated rings. The highest BCUT2D eigenvalue weighted by molar-refractivity contribution is 6.08. The van der Waals surface area contributed by atoms with Gasteiger partial charge in [-0.2, -0.15) is 0 Å². The van der Waals surface area contributed by atoms with Gasteiger partial charge in [0.05, 0.1) is 23.3 Å². The number of rotatable bonds is 5. The van der Waals surface area contributed by atoms with E-state index >= 15 is 0 Å². The number of benzene rings is 3. The molecule has 29 heavy (non-hydrogen) atoms. The van der Waals surface area contributed by atoms with Crippen LogP contribution in [0.4, 0.5) is 5.69 Å². The van der Waals surface area contributed by atoms with Crippen molar-refractivity contribution in [1.82, 2.24) is 10.3 Å². The summed E-state index contributed by atoms with van der Waals surface area (Å²) in [4.78, 5) is 29.7. The molecule has 1 aromatic heterocycles. The molecule has 5 nitrogen and oxygen atoms in total. The van der Waals surface area contributed by atoms with Crippen molar-refractivity contribution in [3.63, 3.8) is 0 Å². The molecule has 5 heteroatoms. The lowest BCUT2D eigenvalue weighted by molar-refractivity contribution is -0.115. The third-order valence-electron chi connectivity index (χ3n) is 4.50. The molecule has 3 aromatic carbocycles. The van der Waals surface area contributed by atoms with Crippen LogP contribution in [-0.2, 0) is 4.79 Å². The van der Waals surface area contributed by atoms with Crippen molar-refractivity contribution in [3.05, 3.63) is 96.6 Å². The van der Waals surface area contributed by atoms with Gasteiger partial charge < -0.3 is 10.6 Å². The Balaban J connectivity index is 1.57. The first-order chi connectivity index (χ1) is 14.2. The minimum absolute atomic E-state index is 0.120. The van der Waals surface area contributed by atoms with Gasteiger partial charge >= 0.3 is 0 Å². The van der Waals surface area contributed by atoms with E-state index in [0.717, 1.165) is 16.5 Å². The SMILES string of the molecule is O=C(CNC(=O)c1cc(-c2ccccc2)nc2ccccc12)Nc1ccccc1. The number of nitrogens with zero attached hydrogens (tertiary/aromatic N) is 1. The molecule has 0 aliphatic heterocycles. The van der Waals surface area contributed by atoms with E-state index in [1.807, 2.05) is 72.8 Å². The normalized spacial score (nSPS) is 10.5. The molecule has 0 radical (unpaired) electrons. The van der Waals surface area contributed by atoms with Crippen molar-refractivity contribution in [1.29, 1.82) is 0 Å². The first-order valence-electron chi connectivity index (χ1n) is 9.29. The number of fused-ring (bicyclic) bond motifs is 1. The van der Waals surface area contributed by atoms with E-state index in [0.29, 0.717) is 16.9 Å². The molecular formula is C24H19N3O2. The van der Waals surface area contributed by atoms with Gasteiger partial charge in [0, 0.05) is 16.6 Å². The van der Waals surface area contributed by atoms with Crippen LogP contribution in [-0.4, -0.2) is 23.3 Å². The van der Waals surface area contributed by atoms with Gasteiger partial charge in [0.2, 0.25) is 5.91 Å². The molecule has 0 saturated heterocycles. The summed E-state index contributed by atoms with van der Waals surface area (Å²) in [6.45, 7) is -0.120. The molecule has 0 unspecified atom stereocenters. The lowest BCUT2D eigenvalue weighted by atomic mass is 10.0. The monoisotopic (exact) mass is 381 g/mol. The molecule has 1 heterocycles. The lowest BCUT2D eigenvalue weighted by Gasteiger charge is -2.11. The summed E-state index contributed by atoms with van der Waals surface area (Å²) in [5.74, 6) is -0.602. The maximum atomic E-state index is 12.9. The number of hydrogen-bond acceptors (Lipinski definition) is 3. The number of anilines is 1. The second-order valence-corrected chi connectivity index (χ2v) is 6.54. The number of amides is 2. The molecule has 0 atom stereocenters.